The fraction of sp³-hybridized carbons (Fsp3) is 0.571. The molecule has 0 radical (unpaired) electrons. The molecule has 82 valence electrons. The van der Waals surface area contributed by atoms with Gasteiger partial charge in [0.2, 0.25) is 0 Å². The molecular weight excluding hydrogens is 208 g/mol. The Morgan fingerprint density at radius 2 is 1.93 bits per heavy atom. The van der Waals surface area contributed by atoms with Gasteiger partial charge in [-0.15, -0.1) is 0 Å². The van der Waals surface area contributed by atoms with Crippen molar-refractivity contribution in [3.05, 3.63) is 18.2 Å². The van der Waals surface area contributed by atoms with Crippen molar-refractivity contribution < 1.29 is 22.1 Å². The summed E-state index contributed by atoms with van der Waals surface area (Å²) >= 11 is 0. The Hall–Kier alpha value is -0.920. The molecule has 1 aromatic rings. The van der Waals surface area contributed by atoms with Gasteiger partial charge in [-0.1, -0.05) is 0 Å². The van der Waals surface area contributed by atoms with Crippen LogP contribution >= 0.6 is 0 Å². The standard InChI is InChI=1S/C7H13N2.H2O4S/c1-4-9-6-5-8(3)7(9)2;1-5(2,3)4/h5-6H,4H2,1-3H3;(H2,1,2,3,4)/q+1;. The highest BCUT2D eigenvalue weighted by atomic mass is 32.3. The van der Waals surface area contributed by atoms with Gasteiger partial charge >= 0.3 is 10.4 Å². The summed E-state index contributed by atoms with van der Waals surface area (Å²) in [6, 6.07) is 0. The lowest BCUT2D eigenvalue weighted by molar-refractivity contribution is -0.677. The Morgan fingerprint density at radius 3 is 2.07 bits per heavy atom. The molecule has 0 bridgehead atoms. The molecule has 0 atom stereocenters. The number of aromatic nitrogens is 2. The van der Waals surface area contributed by atoms with E-state index in [1.807, 2.05) is 0 Å². The smallest absolute Gasteiger partial charge is 0.264 e. The van der Waals surface area contributed by atoms with Crippen LogP contribution < -0.4 is 4.57 Å². The molecule has 2 N–H and O–H groups in total. The first-order valence-electron chi connectivity index (χ1n) is 3.97. The van der Waals surface area contributed by atoms with Gasteiger partial charge in [0, 0.05) is 6.92 Å². The summed E-state index contributed by atoms with van der Waals surface area (Å²) in [5.74, 6) is 1.30. The summed E-state index contributed by atoms with van der Waals surface area (Å²) in [5, 5.41) is 0. The Bertz CT molecular complexity index is 374. The monoisotopic (exact) mass is 223 g/mol. The van der Waals surface area contributed by atoms with Gasteiger partial charge in [-0.05, 0) is 6.92 Å². The van der Waals surface area contributed by atoms with Crippen LogP contribution in [0.15, 0.2) is 12.4 Å². The lowest BCUT2D eigenvalue weighted by Crippen LogP contribution is -2.29. The van der Waals surface area contributed by atoms with Crippen molar-refractivity contribution in [2.45, 2.75) is 20.4 Å². The number of nitrogens with zero attached hydrogens (tertiary/aromatic N) is 2. The highest BCUT2D eigenvalue weighted by Gasteiger charge is 2.03. The second-order valence-corrected chi connectivity index (χ2v) is 3.59. The second kappa shape index (κ2) is 5.08. The minimum absolute atomic E-state index is 1.06. The number of aryl methyl sites for hydroxylation is 2. The number of imidazole rings is 1. The SMILES string of the molecule is CCn1cc[n+](C)c1C.O=S(=O)(O)O. The lowest BCUT2D eigenvalue weighted by atomic mass is 10.6. The quantitative estimate of drug-likeness (QED) is 0.518. The molecule has 0 unspecified atom stereocenters. The minimum atomic E-state index is -4.67. The predicted octanol–water partition coefficient (Wildman–Crippen LogP) is -0.0119. The maximum atomic E-state index is 8.74. The Balaban J connectivity index is 0.000000292. The maximum Gasteiger partial charge on any atom is 0.394 e. The zero-order valence-electron chi connectivity index (χ0n) is 8.38. The number of hydrogen-bond donors (Lipinski definition) is 2. The predicted molar refractivity (Wildman–Crippen MR) is 50.2 cm³/mol. The maximum absolute atomic E-state index is 8.74. The summed E-state index contributed by atoms with van der Waals surface area (Å²) in [7, 11) is -2.61. The molecule has 1 aromatic heterocycles. The molecule has 0 aliphatic carbocycles. The van der Waals surface area contributed by atoms with Crippen molar-refractivity contribution in [3.63, 3.8) is 0 Å². The van der Waals surface area contributed by atoms with Crippen LogP contribution in [0.5, 0.6) is 0 Å². The van der Waals surface area contributed by atoms with Gasteiger partial charge in [-0.25, -0.2) is 9.13 Å². The molecule has 6 nitrogen and oxygen atoms in total. The summed E-state index contributed by atoms with van der Waals surface area (Å²) in [5.41, 5.74) is 0. The molecule has 0 saturated heterocycles. The van der Waals surface area contributed by atoms with E-state index in [1.54, 1.807) is 0 Å². The zero-order valence-corrected chi connectivity index (χ0v) is 9.19. The van der Waals surface area contributed by atoms with Gasteiger partial charge in [0.05, 0.1) is 13.6 Å². The van der Waals surface area contributed by atoms with Crippen LogP contribution in [0.3, 0.4) is 0 Å². The lowest BCUT2D eigenvalue weighted by Gasteiger charge is -1.90. The molecule has 0 fully saturated rings. The van der Waals surface area contributed by atoms with Gasteiger partial charge in [0.1, 0.15) is 12.4 Å². The third kappa shape index (κ3) is 5.68. The molecule has 0 spiro atoms. The molecule has 7 heteroatoms. The van der Waals surface area contributed by atoms with Crippen molar-refractivity contribution in [1.82, 2.24) is 4.57 Å². The first-order valence-corrected chi connectivity index (χ1v) is 5.36. The first kappa shape index (κ1) is 13.1. The average Bonchev–Trinajstić information content (AvgIpc) is 2.30. The highest BCUT2D eigenvalue weighted by Crippen LogP contribution is 1.89. The Morgan fingerprint density at radius 1 is 1.50 bits per heavy atom. The van der Waals surface area contributed by atoms with E-state index in [4.69, 9.17) is 17.5 Å². The largest absolute Gasteiger partial charge is 0.394 e. The molecule has 1 rings (SSSR count). The second-order valence-electron chi connectivity index (χ2n) is 2.69. The third-order valence-corrected chi connectivity index (χ3v) is 1.74. The summed E-state index contributed by atoms with van der Waals surface area (Å²) < 4.78 is 35.9. The summed E-state index contributed by atoms with van der Waals surface area (Å²) in [6.45, 7) is 5.32. The van der Waals surface area contributed by atoms with Crippen LogP contribution in [0.2, 0.25) is 0 Å². The normalized spacial score (nSPS) is 10.6. The van der Waals surface area contributed by atoms with E-state index in [-0.39, 0.29) is 0 Å². The summed E-state index contributed by atoms with van der Waals surface area (Å²) in [4.78, 5) is 0. The third-order valence-electron chi connectivity index (χ3n) is 1.74. The highest BCUT2D eigenvalue weighted by molar-refractivity contribution is 7.79. The molecule has 0 saturated carbocycles. The van der Waals surface area contributed by atoms with Gasteiger partial charge in [-0.2, -0.15) is 8.42 Å². The molecule has 0 aromatic carbocycles. The summed E-state index contributed by atoms with van der Waals surface area (Å²) in [6.07, 6.45) is 4.16. The van der Waals surface area contributed by atoms with Crippen molar-refractivity contribution in [2.75, 3.05) is 0 Å². The van der Waals surface area contributed by atoms with Crippen molar-refractivity contribution in [1.29, 1.82) is 0 Å². The van der Waals surface area contributed by atoms with Crippen LogP contribution in [0.25, 0.3) is 0 Å². The molecule has 1 heterocycles. The van der Waals surface area contributed by atoms with Gasteiger partial charge in [0.25, 0.3) is 5.82 Å². The van der Waals surface area contributed by atoms with Crippen molar-refractivity contribution in [2.24, 2.45) is 7.05 Å². The molecule has 14 heavy (non-hydrogen) atoms. The Labute approximate surface area is 83.4 Å². The molecule has 0 aliphatic rings. The van der Waals surface area contributed by atoms with Crippen LogP contribution in [-0.2, 0) is 24.0 Å². The molecular formula is C7H15N2O4S+. The van der Waals surface area contributed by atoms with E-state index < -0.39 is 10.4 Å². The first-order chi connectivity index (χ1) is 6.25. The zero-order chi connectivity index (χ0) is 11.4. The van der Waals surface area contributed by atoms with Crippen molar-refractivity contribution in [3.8, 4) is 0 Å². The average molecular weight is 223 g/mol. The fourth-order valence-electron chi connectivity index (χ4n) is 0.933. The number of rotatable bonds is 1. The molecule has 0 amide bonds. The van der Waals surface area contributed by atoms with Gasteiger partial charge in [0.15, 0.2) is 0 Å². The van der Waals surface area contributed by atoms with Crippen LogP contribution in [-0.4, -0.2) is 22.1 Å². The van der Waals surface area contributed by atoms with Gasteiger partial charge in [-0.3, -0.25) is 9.11 Å². The minimum Gasteiger partial charge on any atom is -0.264 e. The van der Waals surface area contributed by atoms with Crippen LogP contribution in [0, 0.1) is 6.92 Å². The Kier molecular flexibility index (Phi) is 4.75. The van der Waals surface area contributed by atoms with E-state index in [2.05, 4.69) is 42.4 Å². The van der Waals surface area contributed by atoms with Crippen LogP contribution in [0.1, 0.15) is 12.7 Å². The molecule has 0 aliphatic heterocycles. The van der Waals surface area contributed by atoms with Gasteiger partial charge < -0.3 is 0 Å². The topological polar surface area (TPSA) is 83.4 Å². The van der Waals surface area contributed by atoms with E-state index >= 15 is 0 Å². The fourth-order valence-corrected chi connectivity index (χ4v) is 0.933. The van der Waals surface area contributed by atoms with E-state index in [9.17, 15) is 0 Å². The van der Waals surface area contributed by atoms with E-state index in [1.165, 1.54) is 5.82 Å². The van der Waals surface area contributed by atoms with E-state index in [0.29, 0.717) is 0 Å². The number of hydrogen-bond acceptors (Lipinski definition) is 2. The van der Waals surface area contributed by atoms with Crippen LogP contribution in [0.4, 0.5) is 0 Å². The van der Waals surface area contributed by atoms with E-state index in [0.717, 1.165) is 6.54 Å². The van der Waals surface area contributed by atoms with Crippen molar-refractivity contribution >= 4 is 10.4 Å².